The molecule has 0 saturated heterocycles. The molecule has 1 amide bonds. The standard InChI is InChI=1S/C12H17N3O.2ClH/c16-12(10-6-8-13-9-7-10)15-14-11-4-2-1-3-5-11;;/h6-9,11,14H,1-5H2,(H,15,16);2*1H. The smallest absolute Gasteiger partial charge is 0.265 e. The Bertz CT molecular complexity index is 342. The second-order valence-electron chi connectivity index (χ2n) is 4.17. The van der Waals surface area contributed by atoms with Crippen LogP contribution < -0.4 is 10.9 Å². The van der Waals surface area contributed by atoms with Gasteiger partial charge in [0.15, 0.2) is 0 Å². The molecule has 0 bridgehead atoms. The summed E-state index contributed by atoms with van der Waals surface area (Å²) in [5.41, 5.74) is 6.49. The summed E-state index contributed by atoms with van der Waals surface area (Å²) < 4.78 is 0. The summed E-state index contributed by atoms with van der Waals surface area (Å²) in [7, 11) is 0. The van der Waals surface area contributed by atoms with Gasteiger partial charge in [-0.1, -0.05) is 19.3 Å². The molecule has 0 atom stereocenters. The second-order valence-corrected chi connectivity index (χ2v) is 4.17. The Morgan fingerprint density at radius 2 is 1.72 bits per heavy atom. The minimum atomic E-state index is -0.0898. The molecular formula is C12H19Cl2N3O. The SMILES string of the molecule is Cl.Cl.O=C(NNC1CCCCC1)c1ccncc1. The van der Waals surface area contributed by atoms with E-state index in [1.54, 1.807) is 24.5 Å². The van der Waals surface area contributed by atoms with E-state index in [-0.39, 0.29) is 30.7 Å². The zero-order valence-electron chi connectivity index (χ0n) is 10.1. The summed E-state index contributed by atoms with van der Waals surface area (Å²) in [6.07, 6.45) is 9.36. The molecule has 2 rings (SSSR count). The van der Waals surface area contributed by atoms with Crippen LogP contribution in [-0.2, 0) is 0 Å². The van der Waals surface area contributed by atoms with Gasteiger partial charge in [0, 0.05) is 24.0 Å². The molecule has 1 aromatic heterocycles. The van der Waals surface area contributed by atoms with Gasteiger partial charge in [0.25, 0.3) is 5.91 Å². The van der Waals surface area contributed by atoms with Gasteiger partial charge in [-0.25, -0.2) is 5.43 Å². The summed E-state index contributed by atoms with van der Waals surface area (Å²) in [6, 6.07) is 3.84. The monoisotopic (exact) mass is 291 g/mol. The lowest BCUT2D eigenvalue weighted by Crippen LogP contribution is -2.45. The average Bonchev–Trinajstić information content (AvgIpc) is 2.38. The van der Waals surface area contributed by atoms with Crippen molar-refractivity contribution in [2.75, 3.05) is 0 Å². The number of nitrogens with one attached hydrogen (secondary N) is 2. The van der Waals surface area contributed by atoms with Crippen molar-refractivity contribution in [1.82, 2.24) is 15.8 Å². The third-order valence-electron chi connectivity index (χ3n) is 2.94. The normalized spacial score (nSPS) is 15.1. The first-order chi connectivity index (χ1) is 7.86. The molecule has 0 radical (unpaired) electrons. The van der Waals surface area contributed by atoms with Gasteiger partial charge in [-0.15, -0.1) is 24.8 Å². The zero-order chi connectivity index (χ0) is 11.2. The summed E-state index contributed by atoms with van der Waals surface area (Å²) in [6.45, 7) is 0. The highest BCUT2D eigenvalue weighted by Gasteiger charge is 2.13. The van der Waals surface area contributed by atoms with E-state index < -0.39 is 0 Å². The first kappa shape index (κ1) is 17.2. The van der Waals surface area contributed by atoms with Crippen molar-refractivity contribution < 1.29 is 4.79 Å². The quantitative estimate of drug-likeness (QED) is 0.842. The highest BCUT2D eigenvalue weighted by atomic mass is 35.5. The Morgan fingerprint density at radius 1 is 1.11 bits per heavy atom. The third-order valence-corrected chi connectivity index (χ3v) is 2.94. The van der Waals surface area contributed by atoms with E-state index >= 15 is 0 Å². The number of rotatable bonds is 3. The predicted molar refractivity (Wildman–Crippen MR) is 76.2 cm³/mol. The Morgan fingerprint density at radius 3 is 2.33 bits per heavy atom. The average molecular weight is 292 g/mol. The first-order valence-electron chi connectivity index (χ1n) is 5.82. The van der Waals surface area contributed by atoms with Gasteiger partial charge in [-0.05, 0) is 25.0 Å². The lowest BCUT2D eigenvalue weighted by atomic mass is 9.96. The van der Waals surface area contributed by atoms with Crippen LogP contribution in [0.25, 0.3) is 0 Å². The predicted octanol–water partition coefficient (Wildman–Crippen LogP) is 2.49. The minimum absolute atomic E-state index is 0. The minimum Gasteiger partial charge on any atom is -0.287 e. The van der Waals surface area contributed by atoms with Crippen LogP contribution in [0.2, 0.25) is 0 Å². The highest BCUT2D eigenvalue weighted by molar-refractivity contribution is 5.93. The van der Waals surface area contributed by atoms with Crippen LogP contribution in [0, 0.1) is 0 Å². The van der Waals surface area contributed by atoms with E-state index in [0.717, 1.165) is 12.8 Å². The van der Waals surface area contributed by atoms with Gasteiger partial charge in [0.1, 0.15) is 0 Å². The first-order valence-corrected chi connectivity index (χ1v) is 5.82. The fourth-order valence-corrected chi connectivity index (χ4v) is 1.99. The molecule has 6 heteroatoms. The number of hydrogen-bond donors (Lipinski definition) is 2. The van der Waals surface area contributed by atoms with Crippen LogP contribution >= 0.6 is 24.8 Å². The van der Waals surface area contributed by atoms with Crippen molar-refractivity contribution in [1.29, 1.82) is 0 Å². The maximum Gasteiger partial charge on any atom is 0.265 e. The summed E-state index contributed by atoms with van der Waals surface area (Å²) in [5.74, 6) is -0.0898. The van der Waals surface area contributed by atoms with E-state index in [1.165, 1.54) is 19.3 Å². The fourth-order valence-electron chi connectivity index (χ4n) is 1.99. The molecule has 0 aliphatic heterocycles. The third kappa shape index (κ3) is 5.21. The topological polar surface area (TPSA) is 54.0 Å². The molecule has 1 saturated carbocycles. The van der Waals surface area contributed by atoms with Crippen LogP contribution in [0.1, 0.15) is 42.5 Å². The van der Waals surface area contributed by atoms with Crippen molar-refractivity contribution in [3.05, 3.63) is 30.1 Å². The van der Waals surface area contributed by atoms with Gasteiger partial charge in [-0.2, -0.15) is 0 Å². The van der Waals surface area contributed by atoms with Crippen LogP contribution in [0.3, 0.4) is 0 Å². The van der Waals surface area contributed by atoms with Crippen LogP contribution in [-0.4, -0.2) is 16.9 Å². The molecule has 1 fully saturated rings. The number of carbonyl (C=O) groups is 1. The van der Waals surface area contributed by atoms with Crippen molar-refractivity contribution >= 4 is 30.7 Å². The number of pyridine rings is 1. The fraction of sp³-hybridized carbons (Fsp3) is 0.500. The van der Waals surface area contributed by atoms with Crippen LogP contribution in [0.15, 0.2) is 24.5 Å². The van der Waals surface area contributed by atoms with Gasteiger partial charge < -0.3 is 0 Å². The highest BCUT2D eigenvalue weighted by Crippen LogP contribution is 2.16. The van der Waals surface area contributed by atoms with E-state index in [4.69, 9.17) is 0 Å². The molecule has 0 spiro atoms. The lowest BCUT2D eigenvalue weighted by molar-refractivity contribution is 0.0920. The summed E-state index contributed by atoms with van der Waals surface area (Å²) in [5, 5.41) is 0. The molecule has 0 aromatic carbocycles. The number of halogens is 2. The van der Waals surface area contributed by atoms with Crippen molar-refractivity contribution in [3.8, 4) is 0 Å². The van der Waals surface area contributed by atoms with E-state index in [0.29, 0.717) is 11.6 Å². The molecule has 2 N–H and O–H groups in total. The molecule has 18 heavy (non-hydrogen) atoms. The molecule has 0 unspecified atom stereocenters. The molecule has 1 aliphatic carbocycles. The number of hydrazine groups is 1. The largest absolute Gasteiger partial charge is 0.287 e. The number of aromatic nitrogens is 1. The second kappa shape index (κ2) is 9.14. The molecule has 102 valence electrons. The van der Waals surface area contributed by atoms with Gasteiger partial charge in [0.05, 0.1) is 0 Å². The lowest BCUT2D eigenvalue weighted by Gasteiger charge is -2.22. The van der Waals surface area contributed by atoms with Gasteiger partial charge >= 0.3 is 0 Å². The Balaban J connectivity index is 0.00000144. The van der Waals surface area contributed by atoms with E-state index in [9.17, 15) is 4.79 Å². The van der Waals surface area contributed by atoms with Gasteiger partial charge in [0.2, 0.25) is 0 Å². The number of hydrogen-bond acceptors (Lipinski definition) is 3. The Hall–Kier alpha value is -0.840. The molecule has 4 nitrogen and oxygen atoms in total. The Labute approximate surface area is 120 Å². The van der Waals surface area contributed by atoms with Crippen LogP contribution in [0.5, 0.6) is 0 Å². The summed E-state index contributed by atoms with van der Waals surface area (Å²) in [4.78, 5) is 15.6. The maximum atomic E-state index is 11.7. The number of amides is 1. The number of nitrogens with zero attached hydrogens (tertiary/aromatic N) is 1. The zero-order valence-corrected chi connectivity index (χ0v) is 11.7. The molecular weight excluding hydrogens is 273 g/mol. The van der Waals surface area contributed by atoms with E-state index in [2.05, 4.69) is 15.8 Å². The van der Waals surface area contributed by atoms with Gasteiger partial charge in [-0.3, -0.25) is 15.2 Å². The molecule has 1 heterocycles. The maximum absolute atomic E-state index is 11.7. The van der Waals surface area contributed by atoms with Crippen LogP contribution in [0.4, 0.5) is 0 Å². The number of carbonyl (C=O) groups excluding carboxylic acids is 1. The van der Waals surface area contributed by atoms with Crippen molar-refractivity contribution in [3.63, 3.8) is 0 Å². The van der Waals surface area contributed by atoms with E-state index in [1.807, 2.05) is 0 Å². The van der Waals surface area contributed by atoms with Crippen molar-refractivity contribution in [2.24, 2.45) is 0 Å². The van der Waals surface area contributed by atoms with Crippen molar-refractivity contribution in [2.45, 2.75) is 38.1 Å². The molecule has 1 aliphatic rings. The molecule has 1 aromatic rings. The summed E-state index contributed by atoms with van der Waals surface area (Å²) >= 11 is 0. The Kier molecular flexibility index (Phi) is 8.71.